The first-order chi connectivity index (χ1) is 7.02. The van der Waals surface area contributed by atoms with Gasteiger partial charge in [-0.1, -0.05) is 41.5 Å². The standard InChI is InChI=1S/C12H20O3.2CH4/c1-9(2)11(14)12(6-4-5-7-12)8-10(13)15-3;;/h9H,4-8H2,1-3H3;2*1H4. The highest BCUT2D eigenvalue weighted by Crippen LogP contribution is 2.43. The van der Waals surface area contributed by atoms with Gasteiger partial charge in [0, 0.05) is 11.3 Å². The molecular weight excluding hydrogens is 216 g/mol. The molecule has 1 fully saturated rings. The van der Waals surface area contributed by atoms with Crippen molar-refractivity contribution in [2.45, 2.75) is 60.8 Å². The SMILES string of the molecule is C.C.COC(=O)CC1(C(=O)C(C)C)CCCC1. The second-order valence-electron chi connectivity index (χ2n) is 4.76. The zero-order valence-electron chi connectivity index (χ0n) is 9.84. The smallest absolute Gasteiger partial charge is 0.306 e. The van der Waals surface area contributed by atoms with Gasteiger partial charge < -0.3 is 4.74 Å². The summed E-state index contributed by atoms with van der Waals surface area (Å²) >= 11 is 0. The zero-order chi connectivity index (χ0) is 11.5. The molecule has 0 atom stereocenters. The molecule has 0 saturated heterocycles. The maximum atomic E-state index is 12.1. The van der Waals surface area contributed by atoms with Gasteiger partial charge in [-0.25, -0.2) is 0 Å². The number of methoxy groups -OCH3 is 1. The van der Waals surface area contributed by atoms with Crippen LogP contribution in [0.4, 0.5) is 0 Å². The molecule has 0 amide bonds. The lowest BCUT2D eigenvalue weighted by molar-refractivity contribution is -0.148. The Labute approximate surface area is 106 Å². The number of carbonyl (C=O) groups excluding carboxylic acids is 2. The third-order valence-corrected chi connectivity index (χ3v) is 3.32. The van der Waals surface area contributed by atoms with E-state index >= 15 is 0 Å². The van der Waals surface area contributed by atoms with Crippen LogP contribution in [0.5, 0.6) is 0 Å². The molecule has 102 valence electrons. The van der Waals surface area contributed by atoms with E-state index < -0.39 is 5.41 Å². The first-order valence-electron chi connectivity index (χ1n) is 5.63. The minimum absolute atomic E-state index is 0. The lowest BCUT2D eigenvalue weighted by atomic mass is 9.75. The van der Waals surface area contributed by atoms with Gasteiger partial charge in [-0.15, -0.1) is 0 Å². The Morgan fingerprint density at radius 1 is 1.18 bits per heavy atom. The lowest BCUT2D eigenvalue weighted by Gasteiger charge is -2.27. The van der Waals surface area contributed by atoms with Gasteiger partial charge in [-0.05, 0) is 12.8 Å². The van der Waals surface area contributed by atoms with Crippen LogP contribution in [0.25, 0.3) is 0 Å². The highest BCUT2D eigenvalue weighted by atomic mass is 16.5. The summed E-state index contributed by atoms with van der Waals surface area (Å²) in [7, 11) is 1.38. The van der Waals surface area contributed by atoms with Crippen LogP contribution in [0.3, 0.4) is 0 Å². The highest BCUT2D eigenvalue weighted by molar-refractivity contribution is 5.90. The molecule has 1 aliphatic rings. The molecule has 17 heavy (non-hydrogen) atoms. The van der Waals surface area contributed by atoms with Crippen molar-refractivity contribution in [1.82, 2.24) is 0 Å². The van der Waals surface area contributed by atoms with Crippen molar-refractivity contribution in [2.75, 3.05) is 7.11 Å². The number of ether oxygens (including phenoxy) is 1. The van der Waals surface area contributed by atoms with Crippen LogP contribution in [-0.4, -0.2) is 18.9 Å². The number of rotatable bonds is 4. The molecule has 3 nitrogen and oxygen atoms in total. The van der Waals surface area contributed by atoms with Crippen molar-refractivity contribution in [3.8, 4) is 0 Å². The molecule has 1 aliphatic carbocycles. The first-order valence-corrected chi connectivity index (χ1v) is 5.63. The van der Waals surface area contributed by atoms with Crippen LogP contribution in [0.15, 0.2) is 0 Å². The Balaban J connectivity index is 0. The van der Waals surface area contributed by atoms with Crippen molar-refractivity contribution in [1.29, 1.82) is 0 Å². The quantitative estimate of drug-likeness (QED) is 0.710. The topological polar surface area (TPSA) is 43.4 Å². The van der Waals surface area contributed by atoms with E-state index in [-0.39, 0.29) is 38.9 Å². The molecule has 0 radical (unpaired) electrons. The van der Waals surface area contributed by atoms with E-state index in [2.05, 4.69) is 4.74 Å². The number of Topliss-reactive ketones (excluding diaryl/α,β-unsaturated/α-hetero) is 1. The van der Waals surface area contributed by atoms with Gasteiger partial charge in [-0.2, -0.15) is 0 Å². The largest absolute Gasteiger partial charge is 0.469 e. The molecule has 0 aliphatic heterocycles. The van der Waals surface area contributed by atoms with Crippen molar-refractivity contribution in [2.24, 2.45) is 11.3 Å². The highest BCUT2D eigenvalue weighted by Gasteiger charge is 2.43. The van der Waals surface area contributed by atoms with Gasteiger partial charge >= 0.3 is 5.97 Å². The minimum atomic E-state index is -0.415. The van der Waals surface area contributed by atoms with Crippen molar-refractivity contribution >= 4 is 11.8 Å². The average molecular weight is 244 g/mol. The van der Waals surface area contributed by atoms with Crippen LogP contribution in [0.2, 0.25) is 0 Å². The van der Waals surface area contributed by atoms with E-state index in [0.717, 1.165) is 25.7 Å². The molecule has 1 rings (SSSR count). The number of esters is 1. The maximum absolute atomic E-state index is 12.1. The first kappa shape index (κ1) is 18.5. The minimum Gasteiger partial charge on any atom is -0.469 e. The summed E-state index contributed by atoms with van der Waals surface area (Å²) in [5, 5.41) is 0. The summed E-state index contributed by atoms with van der Waals surface area (Å²) in [5.74, 6) is -0.0240. The molecule has 0 unspecified atom stereocenters. The fourth-order valence-electron chi connectivity index (χ4n) is 2.52. The summed E-state index contributed by atoms with van der Waals surface area (Å²) in [6, 6.07) is 0. The maximum Gasteiger partial charge on any atom is 0.306 e. The Hall–Kier alpha value is -0.860. The second-order valence-corrected chi connectivity index (χ2v) is 4.76. The van der Waals surface area contributed by atoms with Crippen LogP contribution in [0.1, 0.15) is 60.8 Å². The molecule has 0 aromatic heterocycles. The van der Waals surface area contributed by atoms with E-state index in [1.807, 2.05) is 13.8 Å². The van der Waals surface area contributed by atoms with Crippen LogP contribution < -0.4 is 0 Å². The van der Waals surface area contributed by atoms with E-state index in [4.69, 9.17) is 0 Å². The predicted molar refractivity (Wildman–Crippen MR) is 70.8 cm³/mol. The molecule has 0 spiro atoms. The fraction of sp³-hybridized carbons (Fsp3) is 0.857. The normalized spacial score (nSPS) is 16.9. The Kier molecular flexibility index (Phi) is 8.12. The monoisotopic (exact) mass is 244 g/mol. The fourth-order valence-corrected chi connectivity index (χ4v) is 2.52. The van der Waals surface area contributed by atoms with Gasteiger partial charge in [0.15, 0.2) is 0 Å². The van der Waals surface area contributed by atoms with Gasteiger partial charge in [0.25, 0.3) is 0 Å². The predicted octanol–water partition coefficient (Wildman–Crippen LogP) is 3.61. The summed E-state index contributed by atoms with van der Waals surface area (Å²) < 4.78 is 4.68. The Morgan fingerprint density at radius 3 is 2.00 bits per heavy atom. The van der Waals surface area contributed by atoms with Gasteiger partial charge in [0.1, 0.15) is 5.78 Å². The Morgan fingerprint density at radius 2 is 1.65 bits per heavy atom. The third-order valence-electron chi connectivity index (χ3n) is 3.32. The van der Waals surface area contributed by atoms with E-state index in [9.17, 15) is 9.59 Å². The van der Waals surface area contributed by atoms with E-state index in [1.165, 1.54) is 7.11 Å². The van der Waals surface area contributed by atoms with Crippen molar-refractivity contribution < 1.29 is 14.3 Å². The van der Waals surface area contributed by atoms with Gasteiger partial charge in [0.2, 0.25) is 0 Å². The van der Waals surface area contributed by atoms with Crippen LogP contribution in [-0.2, 0) is 14.3 Å². The zero-order valence-corrected chi connectivity index (χ0v) is 9.84. The summed E-state index contributed by atoms with van der Waals surface area (Å²) in [5.41, 5.74) is -0.415. The van der Waals surface area contributed by atoms with Crippen molar-refractivity contribution in [3.63, 3.8) is 0 Å². The van der Waals surface area contributed by atoms with Crippen LogP contribution in [0, 0.1) is 11.3 Å². The van der Waals surface area contributed by atoms with Crippen molar-refractivity contribution in [3.05, 3.63) is 0 Å². The molecule has 1 saturated carbocycles. The molecule has 0 heterocycles. The number of hydrogen-bond acceptors (Lipinski definition) is 3. The second kappa shape index (κ2) is 7.46. The average Bonchev–Trinajstić information content (AvgIpc) is 2.66. The molecular formula is C14H28O3. The number of carbonyl (C=O) groups is 2. The van der Waals surface area contributed by atoms with Gasteiger partial charge in [-0.3, -0.25) is 9.59 Å². The number of hydrogen-bond donors (Lipinski definition) is 0. The molecule has 3 heteroatoms. The van der Waals surface area contributed by atoms with Gasteiger partial charge in [0.05, 0.1) is 13.5 Å². The molecule has 0 N–H and O–H groups in total. The van der Waals surface area contributed by atoms with E-state index in [1.54, 1.807) is 0 Å². The Bertz CT molecular complexity index is 250. The molecule has 0 aromatic rings. The summed E-state index contributed by atoms with van der Waals surface area (Å²) in [6.45, 7) is 3.80. The summed E-state index contributed by atoms with van der Waals surface area (Å²) in [6.07, 6.45) is 4.06. The van der Waals surface area contributed by atoms with E-state index in [0.29, 0.717) is 0 Å². The van der Waals surface area contributed by atoms with Crippen LogP contribution >= 0.6 is 0 Å². The molecule has 0 bridgehead atoms. The third kappa shape index (κ3) is 4.14. The lowest BCUT2D eigenvalue weighted by Crippen LogP contribution is -2.34. The summed E-state index contributed by atoms with van der Waals surface area (Å²) in [4.78, 5) is 23.4. The molecule has 0 aromatic carbocycles. The number of ketones is 1.